The average molecular weight is 248 g/mol. The summed E-state index contributed by atoms with van der Waals surface area (Å²) in [6, 6.07) is 9.21. The number of nitrogens with one attached hydrogen (secondary N) is 1. The summed E-state index contributed by atoms with van der Waals surface area (Å²) in [7, 11) is 2.21. The molecule has 1 aromatic carbocycles. The average Bonchev–Trinajstić information content (AvgIpc) is 2.37. The van der Waals surface area contributed by atoms with Gasteiger partial charge in [-0.25, -0.2) is 0 Å². The van der Waals surface area contributed by atoms with Gasteiger partial charge in [0.05, 0.1) is 0 Å². The van der Waals surface area contributed by atoms with Crippen LogP contribution in [0, 0.1) is 6.92 Å². The van der Waals surface area contributed by atoms with E-state index >= 15 is 0 Å². The largest absolute Gasteiger partial charge is 0.315 e. The number of unbranched alkanes of at least 4 members (excludes halogenated alkanes) is 1. The molecule has 2 nitrogen and oxygen atoms in total. The summed E-state index contributed by atoms with van der Waals surface area (Å²) in [6.07, 6.45) is 2.54. The van der Waals surface area contributed by atoms with Gasteiger partial charge in [0, 0.05) is 19.1 Å². The molecule has 18 heavy (non-hydrogen) atoms. The van der Waals surface area contributed by atoms with Gasteiger partial charge in [0.1, 0.15) is 0 Å². The lowest BCUT2D eigenvalue weighted by Crippen LogP contribution is -2.37. The Hall–Kier alpha value is -0.860. The first-order valence-corrected chi connectivity index (χ1v) is 7.10. The number of likely N-dealkylation sites (N-methyl/N-ethyl adjacent to an activating group) is 1. The molecule has 1 atom stereocenters. The van der Waals surface area contributed by atoms with Gasteiger partial charge < -0.3 is 5.32 Å². The zero-order chi connectivity index (χ0) is 13.4. The van der Waals surface area contributed by atoms with Crippen molar-refractivity contribution in [3.8, 4) is 0 Å². The summed E-state index contributed by atoms with van der Waals surface area (Å²) in [5.41, 5.74) is 2.82. The standard InChI is InChI=1S/C16H28N2/c1-5-6-11-17-12-15(3)18(4)13-16-10-8-7-9-14(16)2/h7-10,15,17H,5-6,11-13H2,1-4H3. The molecule has 0 aliphatic rings. The molecule has 0 aliphatic carbocycles. The van der Waals surface area contributed by atoms with Crippen LogP contribution in [0.2, 0.25) is 0 Å². The Morgan fingerprint density at radius 3 is 2.67 bits per heavy atom. The molecular weight excluding hydrogens is 220 g/mol. The molecule has 0 aliphatic heterocycles. The summed E-state index contributed by atoms with van der Waals surface area (Å²) >= 11 is 0. The van der Waals surface area contributed by atoms with Crippen molar-refractivity contribution in [3.63, 3.8) is 0 Å². The lowest BCUT2D eigenvalue weighted by atomic mass is 10.1. The summed E-state index contributed by atoms with van der Waals surface area (Å²) < 4.78 is 0. The summed E-state index contributed by atoms with van der Waals surface area (Å²) in [6.45, 7) is 9.95. The van der Waals surface area contributed by atoms with E-state index in [0.717, 1.165) is 19.6 Å². The third kappa shape index (κ3) is 5.19. The minimum atomic E-state index is 0.571. The topological polar surface area (TPSA) is 15.3 Å². The Balaban J connectivity index is 2.35. The van der Waals surface area contributed by atoms with E-state index < -0.39 is 0 Å². The van der Waals surface area contributed by atoms with E-state index in [1.807, 2.05) is 0 Å². The van der Waals surface area contributed by atoms with Crippen molar-refractivity contribution < 1.29 is 0 Å². The molecule has 0 amide bonds. The van der Waals surface area contributed by atoms with Crippen LogP contribution in [0.4, 0.5) is 0 Å². The molecule has 0 heterocycles. The second-order valence-electron chi connectivity index (χ2n) is 5.25. The summed E-state index contributed by atoms with van der Waals surface area (Å²) in [5, 5.41) is 3.53. The third-order valence-corrected chi connectivity index (χ3v) is 3.58. The Morgan fingerprint density at radius 2 is 2.00 bits per heavy atom. The van der Waals surface area contributed by atoms with Crippen LogP contribution in [0.1, 0.15) is 37.8 Å². The monoisotopic (exact) mass is 248 g/mol. The predicted molar refractivity (Wildman–Crippen MR) is 79.9 cm³/mol. The fourth-order valence-electron chi connectivity index (χ4n) is 1.98. The number of hydrogen-bond donors (Lipinski definition) is 1. The highest BCUT2D eigenvalue weighted by molar-refractivity contribution is 5.25. The van der Waals surface area contributed by atoms with Crippen LogP contribution in [0.5, 0.6) is 0 Å². The van der Waals surface area contributed by atoms with Crippen LogP contribution < -0.4 is 5.32 Å². The molecule has 1 unspecified atom stereocenters. The van der Waals surface area contributed by atoms with Crippen molar-refractivity contribution >= 4 is 0 Å². The quantitative estimate of drug-likeness (QED) is 0.711. The highest BCUT2D eigenvalue weighted by atomic mass is 15.1. The van der Waals surface area contributed by atoms with E-state index in [1.165, 1.54) is 24.0 Å². The molecule has 102 valence electrons. The lowest BCUT2D eigenvalue weighted by Gasteiger charge is -2.25. The molecule has 1 N–H and O–H groups in total. The van der Waals surface area contributed by atoms with E-state index in [0.29, 0.717) is 6.04 Å². The van der Waals surface area contributed by atoms with Crippen molar-refractivity contribution in [1.29, 1.82) is 0 Å². The van der Waals surface area contributed by atoms with E-state index in [2.05, 4.69) is 62.3 Å². The first kappa shape index (κ1) is 15.2. The molecule has 1 rings (SSSR count). The highest BCUT2D eigenvalue weighted by Gasteiger charge is 2.09. The van der Waals surface area contributed by atoms with Crippen LogP contribution in [0.15, 0.2) is 24.3 Å². The van der Waals surface area contributed by atoms with Crippen LogP contribution in [0.3, 0.4) is 0 Å². The lowest BCUT2D eigenvalue weighted by molar-refractivity contribution is 0.242. The number of aryl methyl sites for hydroxylation is 1. The summed E-state index contributed by atoms with van der Waals surface area (Å²) in [5.74, 6) is 0. The van der Waals surface area contributed by atoms with Crippen LogP contribution >= 0.6 is 0 Å². The molecule has 1 aromatic rings. The molecule has 0 bridgehead atoms. The summed E-state index contributed by atoms with van der Waals surface area (Å²) in [4.78, 5) is 2.42. The van der Waals surface area contributed by atoms with E-state index in [9.17, 15) is 0 Å². The van der Waals surface area contributed by atoms with E-state index in [4.69, 9.17) is 0 Å². The second-order valence-corrected chi connectivity index (χ2v) is 5.25. The molecule has 0 spiro atoms. The Morgan fingerprint density at radius 1 is 1.28 bits per heavy atom. The second kappa shape index (κ2) is 8.28. The molecule has 0 aromatic heterocycles. The molecule has 0 saturated carbocycles. The number of rotatable bonds is 8. The molecule has 0 radical (unpaired) electrons. The van der Waals surface area contributed by atoms with Gasteiger partial charge in [-0.05, 0) is 45.0 Å². The minimum Gasteiger partial charge on any atom is -0.315 e. The van der Waals surface area contributed by atoms with Gasteiger partial charge in [-0.15, -0.1) is 0 Å². The van der Waals surface area contributed by atoms with Gasteiger partial charge in [0.25, 0.3) is 0 Å². The van der Waals surface area contributed by atoms with Crippen LogP contribution in [-0.4, -0.2) is 31.1 Å². The fraction of sp³-hybridized carbons (Fsp3) is 0.625. The van der Waals surface area contributed by atoms with Crippen LogP contribution in [-0.2, 0) is 6.54 Å². The van der Waals surface area contributed by atoms with E-state index in [1.54, 1.807) is 0 Å². The smallest absolute Gasteiger partial charge is 0.0236 e. The minimum absolute atomic E-state index is 0.571. The van der Waals surface area contributed by atoms with Gasteiger partial charge in [0.15, 0.2) is 0 Å². The van der Waals surface area contributed by atoms with Gasteiger partial charge in [-0.2, -0.15) is 0 Å². The number of nitrogens with zero attached hydrogens (tertiary/aromatic N) is 1. The normalized spacial score (nSPS) is 12.9. The zero-order valence-corrected chi connectivity index (χ0v) is 12.4. The van der Waals surface area contributed by atoms with Crippen molar-refractivity contribution in [2.75, 3.05) is 20.1 Å². The SMILES string of the molecule is CCCCNCC(C)N(C)Cc1ccccc1C. The van der Waals surface area contributed by atoms with Gasteiger partial charge in [-0.3, -0.25) is 4.90 Å². The molecule has 2 heteroatoms. The van der Waals surface area contributed by atoms with Crippen molar-refractivity contribution in [2.24, 2.45) is 0 Å². The third-order valence-electron chi connectivity index (χ3n) is 3.58. The van der Waals surface area contributed by atoms with Gasteiger partial charge >= 0.3 is 0 Å². The van der Waals surface area contributed by atoms with Crippen molar-refractivity contribution in [1.82, 2.24) is 10.2 Å². The fourth-order valence-corrected chi connectivity index (χ4v) is 1.98. The number of hydrogen-bond acceptors (Lipinski definition) is 2. The highest BCUT2D eigenvalue weighted by Crippen LogP contribution is 2.10. The maximum Gasteiger partial charge on any atom is 0.0236 e. The Bertz CT molecular complexity index is 336. The van der Waals surface area contributed by atoms with Crippen molar-refractivity contribution in [3.05, 3.63) is 35.4 Å². The Kier molecular flexibility index (Phi) is 6.99. The van der Waals surface area contributed by atoms with Gasteiger partial charge in [0.2, 0.25) is 0 Å². The number of benzene rings is 1. The van der Waals surface area contributed by atoms with Crippen LogP contribution in [0.25, 0.3) is 0 Å². The maximum absolute atomic E-state index is 3.53. The zero-order valence-electron chi connectivity index (χ0n) is 12.4. The Labute approximate surface area is 112 Å². The molecular formula is C16H28N2. The first-order valence-electron chi connectivity index (χ1n) is 7.10. The molecule has 0 saturated heterocycles. The first-order chi connectivity index (χ1) is 8.65. The predicted octanol–water partition coefficient (Wildman–Crippen LogP) is 3.21. The van der Waals surface area contributed by atoms with Gasteiger partial charge in [-0.1, -0.05) is 37.6 Å². The van der Waals surface area contributed by atoms with Crippen molar-refractivity contribution in [2.45, 2.75) is 46.2 Å². The van der Waals surface area contributed by atoms with E-state index in [-0.39, 0.29) is 0 Å². The molecule has 0 fully saturated rings. The maximum atomic E-state index is 3.53.